The molecule has 1 aliphatic heterocycles. The molecule has 0 saturated carbocycles. The molecule has 112 valence electrons. The predicted molar refractivity (Wildman–Crippen MR) is 85.8 cm³/mol. The second kappa shape index (κ2) is 5.64. The molecule has 2 aromatic carbocycles. The van der Waals surface area contributed by atoms with Gasteiger partial charge in [0.25, 0.3) is 5.91 Å². The average molecular weight is 294 g/mol. The Balaban J connectivity index is 1.91. The Morgan fingerprint density at radius 3 is 2.27 bits per heavy atom. The van der Waals surface area contributed by atoms with Gasteiger partial charge in [-0.05, 0) is 24.1 Å². The van der Waals surface area contributed by atoms with Crippen LogP contribution >= 0.6 is 0 Å². The van der Waals surface area contributed by atoms with Crippen LogP contribution in [0.5, 0.6) is 0 Å². The second-order valence-electron chi connectivity index (χ2n) is 5.56. The van der Waals surface area contributed by atoms with Crippen molar-refractivity contribution in [2.24, 2.45) is 0 Å². The minimum absolute atomic E-state index is 0.161. The minimum atomic E-state index is -0.450. The smallest absolute Gasteiger partial charge is 0.315 e. The van der Waals surface area contributed by atoms with Crippen LogP contribution in [0.1, 0.15) is 11.1 Å². The van der Waals surface area contributed by atoms with Crippen LogP contribution in [-0.4, -0.2) is 29.9 Å². The van der Waals surface area contributed by atoms with Crippen LogP contribution in [0.3, 0.4) is 0 Å². The first-order chi connectivity index (χ1) is 10.6. The summed E-state index contributed by atoms with van der Waals surface area (Å²) >= 11 is 0. The fourth-order valence-electron chi connectivity index (χ4n) is 2.80. The zero-order valence-electron chi connectivity index (χ0n) is 12.7. The molecule has 4 nitrogen and oxygen atoms in total. The third-order valence-corrected chi connectivity index (χ3v) is 4.09. The summed E-state index contributed by atoms with van der Waals surface area (Å²) in [6.07, 6.45) is 0.532. The number of carbonyl (C=O) groups is 2. The summed E-state index contributed by atoms with van der Waals surface area (Å²) in [5.41, 5.74) is 2.63. The lowest BCUT2D eigenvalue weighted by Crippen LogP contribution is -2.33. The number of para-hydroxylation sites is 1. The molecule has 4 heteroatoms. The SMILES string of the molecule is Cc1ccccc1N1C(=O)C(Cc2ccccc2)N(C)C1=O. The van der Waals surface area contributed by atoms with Crippen LogP contribution in [0.2, 0.25) is 0 Å². The highest BCUT2D eigenvalue weighted by molar-refractivity contribution is 6.21. The van der Waals surface area contributed by atoms with Crippen LogP contribution < -0.4 is 4.90 Å². The Kier molecular flexibility index (Phi) is 3.67. The van der Waals surface area contributed by atoms with Gasteiger partial charge in [0.2, 0.25) is 0 Å². The van der Waals surface area contributed by atoms with Crippen LogP contribution in [-0.2, 0) is 11.2 Å². The van der Waals surface area contributed by atoms with E-state index in [-0.39, 0.29) is 11.9 Å². The van der Waals surface area contributed by atoms with Gasteiger partial charge in [-0.15, -0.1) is 0 Å². The number of hydrogen-bond donors (Lipinski definition) is 0. The predicted octanol–water partition coefficient (Wildman–Crippen LogP) is 3.00. The van der Waals surface area contributed by atoms with Crippen LogP contribution in [0.25, 0.3) is 0 Å². The van der Waals surface area contributed by atoms with Crippen molar-refractivity contribution in [1.29, 1.82) is 0 Å². The van der Waals surface area contributed by atoms with E-state index in [9.17, 15) is 9.59 Å². The normalized spacial score (nSPS) is 18.2. The number of amides is 3. The van der Waals surface area contributed by atoms with Gasteiger partial charge in [0, 0.05) is 13.5 Å². The van der Waals surface area contributed by atoms with Gasteiger partial charge in [-0.1, -0.05) is 48.5 Å². The van der Waals surface area contributed by atoms with Crippen molar-refractivity contribution in [3.63, 3.8) is 0 Å². The molecule has 0 spiro atoms. The Labute approximate surface area is 130 Å². The maximum Gasteiger partial charge on any atom is 0.331 e. The Morgan fingerprint density at radius 1 is 0.955 bits per heavy atom. The molecular formula is C18H18N2O2. The molecule has 1 fully saturated rings. The summed E-state index contributed by atoms with van der Waals surface area (Å²) in [5, 5.41) is 0. The fraction of sp³-hybridized carbons (Fsp3) is 0.222. The zero-order valence-corrected chi connectivity index (χ0v) is 12.7. The summed E-state index contributed by atoms with van der Waals surface area (Å²) in [6, 6.07) is 16.5. The van der Waals surface area contributed by atoms with Gasteiger partial charge in [-0.3, -0.25) is 4.79 Å². The summed E-state index contributed by atoms with van der Waals surface area (Å²) in [6.45, 7) is 1.90. The molecule has 0 radical (unpaired) electrons. The van der Waals surface area contributed by atoms with E-state index in [2.05, 4.69) is 0 Å². The quantitative estimate of drug-likeness (QED) is 0.816. The molecule has 2 aromatic rings. The number of carbonyl (C=O) groups excluding carboxylic acids is 2. The van der Waals surface area contributed by atoms with Gasteiger partial charge in [-0.2, -0.15) is 0 Å². The van der Waals surface area contributed by atoms with E-state index in [0.29, 0.717) is 12.1 Å². The van der Waals surface area contributed by atoms with Crippen LogP contribution in [0.15, 0.2) is 54.6 Å². The van der Waals surface area contributed by atoms with Gasteiger partial charge >= 0.3 is 6.03 Å². The summed E-state index contributed by atoms with van der Waals surface area (Å²) in [7, 11) is 1.69. The first-order valence-corrected chi connectivity index (χ1v) is 7.30. The topological polar surface area (TPSA) is 40.6 Å². The summed E-state index contributed by atoms with van der Waals surface area (Å²) in [4.78, 5) is 28.1. The largest absolute Gasteiger partial charge is 0.331 e. The van der Waals surface area contributed by atoms with Crippen molar-refractivity contribution < 1.29 is 9.59 Å². The van der Waals surface area contributed by atoms with Gasteiger partial charge in [0.1, 0.15) is 6.04 Å². The van der Waals surface area contributed by atoms with Gasteiger partial charge in [0.15, 0.2) is 0 Å². The van der Waals surface area contributed by atoms with E-state index in [4.69, 9.17) is 0 Å². The lowest BCUT2D eigenvalue weighted by atomic mass is 10.1. The number of benzene rings is 2. The first-order valence-electron chi connectivity index (χ1n) is 7.30. The number of aryl methyl sites for hydroxylation is 1. The van der Waals surface area contributed by atoms with Crippen molar-refractivity contribution >= 4 is 17.6 Å². The Bertz CT molecular complexity index is 712. The summed E-state index contributed by atoms with van der Waals surface area (Å²) in [5.74, 6) is -0.161. The van der Waals surface area contributed by atoms with Crippen molar-refractivity contribution in [2.45, 2.75) is 19.4 Å². The molecule has 0 N–H and O–H groups in total. The highest BCUT2D eigenvalue weighted by Gasteiger charge is 2.44. The fourth-order valence-corrected chi connectivity index (χ4v) is 2.80. The number of nitrogens with zero attached hydrogens (tertiary/aromatic N) is 2. The lowest BCUT2D eigenvalue weighted by Gasteiger charge is -2.16. The van der Waals surface area contributed by atoms with Crippen LogP contribution in [0.4, 0.5) is 10.5 Å². The monoisotopic (exact) mass is 294 g/mol. The molecule has 1 heterocycles. The number of rotatable bonds is 3. The first kappa shape index (κ1) is 14.3. The average Bonchev–Trinajstić information content (AvgIpc) is 2.73. The Hall–Kier alpha value is -2.62. The lowest BCUT2D eigenvalue weighted by molar-refractivity contribution is -0.119. The molecule has 1 unspecified atom stereocenters. The third kappa shape index (κ3) is 2.37. The highest BCUT2D eigenvalue weighted by atomic mass is 16.2. The molecule has 3 amide bonds. The van der Waals surface area contributed by atoms with E-state index >= 15 is 0 Å². The van der Waals surface area contributed by atoms with Crippen molar-refractivity contribution in [3.05, 3.63) is 65.7 Å². The van der Waals surface area contributed by atoms with E-state index in [1.807, 2.05) is 61.5 Å². The molecule has 3 rings (SSSR count). The van der Waals surface area contributed by atoms with Gasteiger partial charge < -0.3 is 4.90 Å². The molecular weight excluding hydrogens is 276 g/mol. The number of imide groups is 1. The van der Waals surface area contributed by atoms with Crippen molar-refractivity contribution in [2.75, 3.05) is 11.9 Å². The molecule has 0 aliphatic carbocycles. The standard InChI is InChI=1S/C18H18N2O2/c1-13-8-6-7-11-15(13)20-17(21)16(19(2)18(20)22)12-14-9-4-3-5-10-14/h3-11,16H,12H2,1-2H3. The molecule has 1 aliphatic rings. The second-order valence-corrected chi connectivity index (χ2v) is 5.56. The van der Waals surface area contributed by atoms with E-state index in [1.165, 1.54) is 9.80 Å². The maximum atomic E-state index is 12.7. The summed E-state index contributed by atoms with van der Waals surface area (Å²) < 4.78 is 0. The molecule has 0 bridgehead atoms. The highest BCUT2D eigenvalue weighted by Crippen LogP contribution is 2.28. The van der Waals surface area contributed by atoms with E-state index in [1.54, 1.807) is 7.05 Å². The maximum absolute atomic E-state index is 12.7. The zero-order chi connectivity index (χ0) is 15.7. The van der Waals surface area contributed by atoms with Crippen molar-refractivity contribution in [3.8, 4) is 0 Å². The molecule has 1 saturated heterocycles. The molecule has 0 aromatic heterocycles. The molecule has 1 atom stereocenters. The number of likely N-dealkylation sites (N-methyl/N-ethyl adjacent to an activating group) is 1. The number of urea groups is 1. The molecule has 22 heavy (non-hydrogen) atoms. The minimum Gasteiger partial charge on any atom is -0.315 e. The van der Waals surface area contributed by atoms with E-state index < -0.39 is 6.04 Å². The van der Waals surface area contributed by atoms with E-state index in [0.717, 1.165) is 11.1 Å². The number of hydrogen-bond acceptors (Lipinski definition) is 2. The van der Waals surface area contributed by atoms with Crippen molar-refractivity contribution in [1.82, 2.24) is 4.90 Å². The third-order valence-electron chi connectivity index (χ3n) is 4.09. The Morgan fingerprint density at radius 2 is 1.59 bits per heavy atom. The van der Waals surface area contributed by atoms with Crippen LogP contribution in [0, 0.1) is 6.92 Å². The van der Waals surface area contributed by atoms with Gasteiger partial charge in [-0.25, -0.2) is 9.69 Å². The van der Waals surface area contributed by atoms with Gasteiger partial charge in [0.05, 0.1) is 5.69 Å². The number of anilines is 1.